The van der Waals surface area contributed by atoms with E-state index < -0.39 is 27.9 Å². The van der Waals surface area contributed by atoms with Crippen molar-refractivity contribution in [2.24, 2.45) is 5.14 Å². The van der Waals surface area contributed by atoms with E-state index in [2.05, 4.69) is 6.07 Å². The lowest BCUT2D eigenvalue weighted by atomic mass is 10.1. The highest BCUT2D eigenvalue weighted by Crippen LogP contribution is 2.33. The van der Waals surface area contributed by atoms with Gasteiger partial charge >= 0.3 is 0 Å². The molecule has 0 aliphatic carbocycles. The zero-order valence-electron chi connectivity index (χ0n) is 24.6. The van der Waals surface area contributed by atoms with Crippen molar-refractivity contribution in [3.63, 3.8) is 0 Å². The van der Waals surface area contributed by atoms with Gasteiger partial charge in [0.15, 0.2) is 0 Å². The number of rotatable bonds is 8. The van der Waals surface area contributed by atoms with Crippen LogP contribution in [0.4, 0.5) is 5.69 Å². The van der Waals surface area contributed by atoms with Gasteiger partial charge in [-0.05, 0) is 92.1 Å². The van der Waals surface area contributed by atoms with Gasteiger partial charge in [0.25, 0.3) is 11.8 Å². The maximum atomic E-state index is 13.8. The van der Waals surface area contributed by atoms with E-state index in [1.807, 2.05) is 50.2 Å². The lowest BCUT2D eigenvalue weighted by molar-refractivity contribution is -0.122. The first-order valence-corrected chi connectivity index (χ1v) is 16.7. The minimum atomic E-state index is -3.84. The number of nitrogens with zero attached hydrogens (tertiary/aromatic N) is 3. The maximum absolute atomic E-state index is 13.8. The molecule has 0 saturated carbocycles. The average Bonchev–Trinajstić information content (AvgIpc) is 3.57. The fraction of sp³-hybridized carbons (Fsp3) is 0.176. The van der Waals surface area contributed by atoms with Crippen molar-refractivity contribution in [3.05, 3.63) is 113 Å². The average molecular weight is 639 g/mol. The van der Waals surface area contributed by atoms with Gasteiger partial charge < -0.3 is 4.90 Å². The zero-order valence-corrected chi connectivity index (χ0v) is 26.3. The van der Waals surface area contributed by atoms with Crippen molar-refractivity contribution in [2.75, 3.05) is 11.4 Å². The summed E-state index contributed by atoms with van der Waals surface area (Å²) in [4.78, 5) is 48.2. The Morgan fingerprint density at radius 1 is 0.933 bits per heavy atom. The molecular weight excluding hydrogens is 609 g/mol. The Hall–Kier alpha value is -4.71. The Morgan fingerprint density at radius 3 is 2.27 bits per heavy atom. The molecule has 5 aromatic rings. The second-order valence-corrected chi connectivity index (χ2v) is 13.7. The summed E-state index contributed by atoms with van der Waals surface area (Å²) in [6, 6.07) is 25.3. The smallest absolute Gasteiger partial charge is 0.257 e. The number of benzene rings is 4. The lowest BCUT2D eigenvalue weighted by Crippen LogP contribution is -2.46. The zero-order chi connectivity index (χ0) is 31.9. The van der Waals surface area contributed by atoms with Gasteiger partial charge in [0, 0.05) is 17.7 Å². The molecule has 0 radical (unpaired) electrons. The summed E-state index contributed by atoms with van der Waals surface area (Å²) in [5.74, 6) is -1.24. The summed E-state index contributed by atoms with van der Waals surface area (Å²) >= 11 is 1.58. The summed E-state index contributed by atoms with van der Waals surface area (Å²) < 4.78 is 24.4. The second kappa shape index (κ2) is 12.0. The SMILES string of the molecule is Cc1ccc(C(=O)N(CCc2ccc(S(N)(=O)=O)cc2)C2CC(=O)N(c3ccc(-c4nc5ccc(C)cc5s4)cc3)C2=O)cc1. The standard InChI is InChI=1S/C34H30N4O5S2/c1-21-3-8-25(9-4-21)33(40)37(18-17-23-6-14-27(15-7-23)45(35,42)43)29-20-31(39)38(34(29)41)26-12-10-24(11-13-26)32-36-28-16-5-22(2)19-30(28)44-32/h3-16,19,29H,17-18,20H2,1-2H3,(H2,35,42,43). The Bertz CT molecular complexity index is 2040. The van der Waals surface area contributed by atoms with Crippen molar-refractivity contribution >= 4 is 55.0 Å². The highest BCUT2D eigenvalue weighted by Gasteiger charge is 2.44. The summed E-state index contributed by atoms with van der Waals surface area (Å²) in [5.41, 5.74) is 5.50. The van der Waals surface area contributed by atoms with Crippen molar-refractivity contribution in [1.82, 2.24) is 9.88 Å². The third-order valence-corrected chi connectivity index (χ3v) is 9.86. The molecule has 3 amide bonds. The molecule has 0 spiro atoms. The highest BCUT2D eigenvalue weighted by molar-refractivity contribution is 7.89. The number of carbonyl (C=O) groups is 3. The van der Waals surface area contributed by atoms with E-state index in [0.29, 0.717) is 17.7 Å². The Labute approximate surface area is 265 Å². The molecule has 6 rings (SSSR count). The number of hydrogen-bond acceptors (Lipinski definition) is 7. The van der Waals surface area contributed by atoms with Gasteiger partial charge in [-0.2, -0.15) is 0 Å². The van der Waals surface area contributed by atoms with Gasteiger partial charge in [0.2, 0.25) is 15.9 Å². The largest absolute Gasteiger partial charge is 0.326 e. The summed E-state index contributed by atoms with van der Waals surface area (Å²) in [6.07, 6.45) is 0.177. The van der Waals surface area contributed by atoms with Crippen LogP contribution in [0.25, 0.3) is 20.8 Å². The first kappa shape index (κ1) is 30.3. The molecule has 0 bridgehead atoms. The van der Waals surface area contributed by atoms with Crippen molar-refractivity contribution in [1.29, 1.82) is 0 Å². The van der Waals surface area contributed by atoms with Crippen LogP contribution in [-0.4, -0.2) is 48.6 Å². The number of carbonyl (C=O) groups excluding carboxylic acids is 3. The number of nitrogens with two attached hydrogens (primary N) is 1. The molecule has 9 nitrogen and oxygen atoms in total. The molecule has 11 heteroatoms. The van der Waals surface area contributed by atoms with Gasteiger partial charge in [0.05, 0.1) is 27.2 Å². The second-order valence-electron chi connectivity index (χ2n) is 11.1. The molecule has 1 unspecified atom stereocenters. The third-order valence-electron chi connectivity index (χ3n) is 7.87. The molecule has 45 heavy (non-hydrogen) atoms. The monoisotopic (exact) mass is 638 g/mol. The third kappa shape index (κ3) is 6.28. The molecule has 4 aromatic carbocycles. The molecule has 1 aliphatic heterocycles. The Balaban J connectivity index is 1.25. The van der Waals surface area contributed by atoms with Crippen molar-refractivity contribution < 1.29 is 22.8 Å². The van der Waals surface area contributed by atoms with Crippen LogP contribution in [0, 0.1) is 13.8 Å². The fourth-order valence-corrected chi connectivity index (χ4v) is 6.98. The first-order valence-electron chi connectivity index (χ1n) is 14.3. The lowest BCUT2D eigenvalue weighted by Gasteiger charge is -2.28. The number of anilines is 1. The molecule has 1 aromatic heterocycles. The quantitative estimate of drug-likeness (QED) is 0.231. The van der Waals surface area contributed by atoms with Crippen LogP contribution in [0.3, 0.4) is 0 Å². The van der Waals surface area contributed by atoms with Crippen LogP contribution in [0.2, 0.25) is 0 Å². The minimum Gasteiger partial charge on any atom is -0.326 e. The number of thiazole rings is 1. The highest BCUT2D eigenvalue weighted by atomic mass is 32.2. The van der Waals surface area contributed by atoms with Gasteiger partial charge in [-0.1, -0.05) is 35.9 Å². The van der Waals surface area contributed by atoms with Gasteiger partial charge in [-0.3, -0.25) is 14.4 Å². The van der Waals surface area contributed by atoms with E-state index >= 15 is 0 Å². The molecule has 1 fully saturated rings. The van der Waals surface area contributed by atoms with Crippen molar-refractivity contribution in [3.8, 4) is 10.6 Å². The summed E-state index contributed by atoms with van der Waals surface area (Å²) in [6.45, 7) is 4.08. The number of aryl methyl sites for hydroxylation is 2. The molecule has 1 aliphatic rings. The molecule has 2 N–H and O–H groups in total. The minimum absolute atomic E-state index is 0.0182. The summed E-state index contributed by atoms with van der Waals surface area (Å²) in [5, 5.41) is 6.06. The number of amides is 3. The molecular formula is C34H30N4O5S2. The molecule has 2 heterocycles. The number of primary sulfonamides is 1. The van der Waals surface area contributed by atoms with E-state index in [-0.39, 0.29) is 23.8 Å². The van der Waals surface area contributed by atoms with Crippen LogP contribution >= 0.6 is 11.3 Å². The number of hydrogen-bond donors (Lipinski definition) is 1. The van der Waals surface area contributed by atoms with Crippen LogP contribution < -0.4 is 10.0 Å². The first-order chi connectivity index (χ1) is 21.5. The van der Waals surface area contributed by atoms with E-state index in [4.69, 9.17) is 10.1 Å². The van der Waals surface area contributed by atoms with Crippen LogP contribution in [0.15, 0.2) is 95.9 Å². The molecule has 1 atom stereocenters. The van der Waals surface area contributed by atoms with Crippen LogP contribution in [-0.2, 0) is 26.0 Å². The van der Waals surface area contributed by atoms with Gasteiger partial charge in [0.1, 0.15) is 11.0 Å². The van der Waals surface area contributed by atoms with Crippen LogP contribution in [0.1, 0.15) is 33.5 Å². The van der Waals surface area contributed by atoms with Crippen LogP contribution in [0.5, 0.6) is 0 Å². The van der Waals surface area contributed by atoms with E-state index in [0.717, 1.165) is 42.4 Å². The number of imide groups is 1. The number of aromatic nitrogens is 1. The normalized spacial score (nSPS) is 15.2. The molecule has 1 saturated heterocycles. The van der Waals surface area contributed by atoms with E-state index in [1.165, 1.54) is 17.0 Å². The number of sulfonamides is 1. The van der Waals surface area contributed by atoms with E-state index in [9.17, 15) is 22.8 Å². The Kier molecular flexibility index (Phi) is 8.08. The predicted octanol–water partition coefficient (Wildman–Crippen LogP) is 5.24. The number of fused-ring (bicyclic) bond motifs is 1. The van der Waals surface area contributed by atoms with Gasteiger partial charge in [-0.15, -0.1) is 11.3 Å². The molecule has 228 valence electrons. The predicted molar refractivity (Wildman–Crippen MR) is 174 cm³/mol. The fourth-order valence-electron chi connectivity index (χ4n) is 5.40. The topological polar surface area (TPSA) is 131 Å². The Morgan fingerprint density at radius 2 is 1.60 bits per heavy atom. The van der Waals surface area contributed by atoms with Gasteiger partial charge in [-0.25, -0.2) is 23.4 Å². The summed E-state index contributed by atoms with van der Waals surface area (Å²) in [7, 11) is -3.84. The maximum Gasteiger partial charge on any atom is 0.257 e. The van der Waals surface area contributed by atoms with E-state index in [1.54, 1.807) is 47.7 Å². The van der Waals surface area contributed by atoms with Crippen molar-refractivity contribution in [2.45, 2.75) is 37.6 Å².